The molecule has 1 aromatic heterocycles. The molecule has 0 bridgehead atoms. The van der Waals surface area contributed by atoms with E-state index in [1.807, 2.05) is 25.1 Å². The van der Waals surface area contributed by atoms with Gasteiger partial charge in [-0.1, -0.05) is 18.2 Å². The number of hydrogen-bond acceptors (Lipinski definition) is 2. The van der Waals surface area contributed by atoms with Crippen molar-refractivity contribution in [2.75, 3.05) is 0 Å². The maximum absolute atomic E-state index is 12.8. The molecule has 0 saturated heterocycles. The van der Waals surface area contributed by atoms with Crippen LogP contribution in [0.1, 0.15) is 24.2 Å². The van der Waals surface area contributed by atoms with Crippen LogP contribution in [0.15, 0.2) is 48.7 Å². The van der Waals surface area contributed by atoms with E-state index in [1.54, 1.807) is 18.3 Å². The molecule has 0 spiro atoms. The number of halogens is 1. The number of benzene rings is 1. The van der Waals surface area contributed by atoms with Gasteiger partial charge in [0.05, 0.1) is 18.3 Å². The summed E-state index contributed by atoms with van der Waals surface area (Å²) in [4.78, 5) is 15.9. The predicted octanol–water partition coefficient (Wildman–Crippen LogP) is 2.78. The van der Waals surface area contributed by atoms with Crippen LogP contribution in [0.2, 0.25) is 0 Å². The minimum atomic E-state index is -0.291. The molecule has 5 heteroatoms. The van der Waals surface area contributed by atoms with Gasteiger partial charge in [-0.15, -0.1) is 0 Å². The summed E-state index contributed by atoms with van der Waals surface area (Å²) in [5.74, 6) is -0.291. The number of nitrogens with zero attached hydrogens (tertiary/aromatic N) is 1. The Kier molecular flexibility index (Phi) is 4.65. The molecule has 2 amide bonds. The van der Waals surface area contributed by atoms with E-state index < -0.39 is 0 Å². The zero-order valence-electron chi connectivity index (χ0n) is 11.1. The van der Waals surface area contributed by atoms with Crippen LogP contribution in [0.25, 0.3) is 0 Å². The molecule has 0 aliphatic carbocycles. The highest BCUT2D eigenvalue weighted by Gasteiger charge is 2.09. The van der Waals surface area contributed by atoms with Crippen molar-refractivity contribution in [3.05, 3.63) is 65.7 Å². The van der Waals surface area contributed by atoms with Gasteiger partial charge in [0.1, 0.15) is 5.82 Å². The van der Waals surface area contributed by atoms with E-state index in [2.05, 4.69) is 15.6 Å². The lowest BCUT2D eigenvalue weighted by molar-refractivity contribution is 0.237. The molecule has 1 heterocycles. The maximum atomic E-state index is 12.8. The fourth-order valence-electron chi connectivity index (χ4n) is 1.76. The highest BCUT2D eigenvalue weighted by atomic mass is 19.1. The smallest absolute Gasteiger partial charge is 0.315 e. The molecule has 0 aliphatic rings. The minimum absolute atomic E-state index is 0.195. The zero-order valence-corrected chi connectivity index (χ0v) is 11.1. The molecule has 2 aromatic rings. The number of carbonyl (C=O) groups excluding carboxylic acids is 1. The van der Waals surface area contributed by atoms with E-state index in [9.17, 15) is 9.18 Å². The average molecular weight is 273 g/mol. The fourth-order valence-corrected chi connectivity index (χ4v) is 1.76. The Morgan fingerprint density at radius 1 is 1.25 bits per heavy atom. The third-order valence-corrected chi connectivity index (χ3v) is 2.87. The third kappa shape index (κ3) is 4.05. The molecular weight excluding hydrogens is 257 g/mol. The molecule has 104 valence electrons. The molecule has 0 saturated carbocycles. The molecule has 20 heavy (non-hydrogen) atoms. The number of pyridine rings is 1. The van der Waals surface area contributed by atoms with Gasteiger partial charge >= 0.3 is 6.03 Å². The SMILES string of the molecule is C[C@H](NC(=O)NCc1ccccn1)c1ccc(F)cc1. The Labute approximate surface area is 117 Å². The Morgan fingerprint density at radius 3 is 2.65 bits per heavy atom. The quantitative estimate of drug-likeness (QED) is 0.900. The summed E-state index contributed by atoms with van der Waals surface area (Å²) in [6.45, 7) is 2.20. The van der Waals surface area contributed by atoms with Crippen molar-refractivity contribution >= 4 is 6.03 Å². The average Bonchev–Trinajstić information content (AvgIpc) is 2.47. The third-order valence-electron chi connectivity index (χ3n) is 2.87. The van der Waals surface area contributed by atoms with E-state index in [0.29, 0.717) is 6.54 Å². The van der Waals surface area contributed by atoms with Crippen LogP contribution in [0.3, 0.4) is 0 Å². The lowest BCUT2D eigenvalue weighted by Crippen LogP contribution is -2.36. The Balaban J connectivity index is 1.83. The van der Waals surface area contributed by atoms with Crippen LogP contribution < -0.4 is 10.6 Å². The zero-order chi connectivity index (χ0) is 14.4. The van der Waals surface area contributed by atoms with Gasteiger partial charge in [0.15, 0.2) is 0 Å². The lowest BCUT2D eigenvalue weighted by Gasteiger charge is -2.15. The maximum Gasteiger partial charge on any atom is 0.315 e. The molecule has 1 aromatic carbocycles. The van der Waals surface area contributed by atoms with Gasteiger partial charge in [-0.25, -0.2) is 9.18 Å². The Morgan fingerprint density at radius 2 is 2.00 bits per heavy atom. The van der Waals surface area contributed by atoms with Crippen LogP contribution >= 0.6 is 0 Å². The monoisotopic (exact) mass is 273 g/mol. The van der Waals surface area contributed by atoms with Crippen molar-refractivity contribution in [2.45, 2.75) is 19.5 Å². The van der Waals surface area contributed by atoms with Crippen LogP contribution in [0.4, 0.5) is 9.18 Å². The summed E-state index contributed by atoms with van der Waals surface area (Å²) in [6, 6.07) is 11.1. The number of amides is 2. The summed E-state index contributed by atoms with van der Waals surface area (Å²) >= 11 is 0. The number of rotatable bonds is 4. The van der Waals surface area contributed by atoms with Gasteiger partial charge in [-0.2, -0.15) is 0 Å². The van der Waals surface area contributed by atoms with Crippen LogP contribution in [-0.2, 0) is 6.54 Å². The van der Waals surface area contributed by atoms with E-state index >= 15 is 0 Å². The van der Waals surface area contributed by atoms with Crippen molar-refractivity contribution in [2.24, 2.45) is 0 Å². The number of urea groups is 1. The number of hydrogen-bond donors (Lipinski definition) is 2. The van der Waals surface area contributed by atoms with Gasteiger partial charge < -0.3 is 10.6 Å². The highest BCUT2D eigenvalue weighted by Crippen LogP contribution is 2.12. The van der Waals surface area contributed by atoms with Crippen LogP contribution in [-0.4, -0.2) is 11.0 Å². The summed E-state index contributed by atoms with van der Waals surface area (Å²) in [6.07, 6.45) is 1.68. The van der Waals surface area contributed by atoms with Gasteiger partial charge in [0.2, 0.25) is 0 Å². The van der Waals surface area contributed by atoms with Gasteiger partial charge in [-0.05, 0) is 36.8 Å². The summed E-state index contributed by atoms with van der Waals surface area (Å²) in [7, 11) is 0. The molecule has 4 nitrogen and oxygen atoms in total. The Bertz CT molecular complexity index is 557. The number of nitrogens with one attached hydrogen (secondary N) is 2. The minimum Gasteiger partial charge on any atom is -0.332 e. The first-order valence-electron chi connectivity index (χ1n) is 6.35. The first-order chi connectivity index (χ1) is 9.65. The van der Waals surface area contributed by atoms with Gasteiger partial charge in [0.25, 0.3) is 0 Å². The van der Waals surface area contributed by atoms with Crippen LogP contribution in [0.5, 0.6) is 0 Å². The van der Waals surface area contributed by atoms with Crippen molar-refractivity contribution in [1.82, 2.24) is 15.6 Å². The topological polar surface area (TPSA) is 54.0 Å². The lowest BCUT2D eigenvalue weighted by atomic mass is 10.1. The molecule has 0 aliphatic heterocycles. The standard InChI is InChI=1S/C15H16FN3O/c1-11(12-5-7-13(16)8-6-12)19-15(20)18-10-14-4-2-3-9-17-14/h2-9,11H,10H2,1H3,(H2,18,19,20)/t11-/m0/s1. The first kappa shape index (κ1) is 14.0. The van der Waals surface area contributed by atoms with E-state index in [4.69, 9.17) is 0 Å². The highest BCUT2D eigenvalue weighted by molar-refractivity contribution is 5.74. The molecular formula is C15H16FN3O. The number of carbonyl (C=O) groups is 1. The van der Waals surface area contributed by atoms with Crippen molar-refractivity contribution in [3.8, 4) is 0 Å². The molecule has 0 fully saturated rings. The van der Waals surface area contributed by atoms with E-state index in [1.165, 1.54) is 12.1 Å². The van der Waals surface area contributed by atoms with Crippen molar-refractivity contribution in [1.29, 1.82) is 0 Å². The fraction of sp³-hybridized carbons (Fsp3) is 0.200. The van der Waals surface area contributed by atoms with Crippen molar-refractivity contribution < 1.29 is 9.18 Å². The second kappa shape index (κ2) is 6.65. The molecule has 0 radical (unpaired) electrons. The summed E-state index contributed by atoms with van der Waals surface area (Å²) in [5, 5.41) is 5.51. The summed E-state index contributed by atoms with van der Waals surface area (Å²) in [5.41, 5.74) is 1.64. The molecule has 0 unspecified atom stereocenters. The largest absolute Gasteiger partial charge is 0.332 e. The van der Waals surface area contributed by atoms with E-state index in [0.717, 1.165) is 11.3 Å². The summed E-state index contributed by atoms with van der Waals surface area (Å²) < 4.78 is 12.8. The Hall–Kier alpha value is -2.43. The van der Waals surface area contributed by atoms with Crippen LogP contribution in [0, 0.1) is 5.82 Å². The molecule has 1 atom stereocenters. The number of aromatic nitrogens is 1. The van der Waals surface area contributed by atoms with Gasteiger partial charge in [-0.3, -0.25) is 4.98 Å². The molecule has 2 N–H and O–H groups in total. The second-order valence-corrected chi connectivity index (χ2v) is 4.42. The molecule has 2 rings (SSSR count). The second-order valence-electron chi connectivity index (χ2n) is 4.42. The first-order valence-corrected chi connectivity index (χ1v) is 6.35. The van der Waals surface area contributed by atoms with Gasteiger partial charge in [0, 0.05) is 6.20 Å². The predicted molar refractivity (Wildman–Crippen MR) is 74.4 cm³/mol. The normalized spacial score (nSPS) is 11.7. The van der Waals surface area contributed by atoms with E-state index in [-0.39, 0.29) is 17.9 Å². The van der Waals surface area contributed by atoms with Crippen molar-refractivity contribution in [3.63, 3.8) is 0 Å².